The van der Waals surface area contributed by atoms with E-state index in [0.717, 1.165) is 11.1 Å². The minimum Gasteiger partial charge on any atom is -0.480 e. The number of carbonyl (C=O) groups is 3. The van der Waals surface area contributed by atoms with Gasteiger partial charge in [-0.25, -0.2) is 9.18 Å². The Morgan fingerprint density at radius 1 is 0.935 bits per heavy atom. The van der Waals surface area contributed by atoms with E-state index >= 15 is 0 Å². The molecule has 2 rings (SSSR count). The maximum absolute atomic E-state index is 13.5. The van der Waals surface area contributed by atoms with Gasteiger partial charge in [0.15, 0.2) is 0 Å². The van der Waals surface area contributed by atoms with Gasteiger partial charge in [-0.3, -0.25) is 9.59 Å². The number of halogens is 1. The van der Waals surface area contributed by atoms with Crippen LogP contribution in [0.5, 0.6) is 0 Å². The summed E-state index contributed by atoms with van der Waals surface area (Å²) in [7, 11) is 0. The van der Waals surface area contributed by atoms with Crippen molar-refractivity contribution in [2.75, 3.05) is 0 Å². The second-order valence-electron chi connectivity index (χ2n) is 8.64. The van der Waals surface area contributed by atoms with E-state index in [0.29, 0.717) is 5.56 Å². The zero-order valence-corrected chi connectivity index (χ0v) is 18.2. The lowest BCUT2D eigenvalue weighted by Crippen LogP contribution is -2.52. The van der Waals surface area contributed by atoms with E-state index in [4.69, 9.17) is 0 Å². The third-order valence-electron chi connectivity index (χ3n) is 4.90. The normalized spacial score (nSPS) is 13.2. The van der Waals surface area contributed by atoms with Crippen LogP contribution in [0.25, 0.3) is 0 Å². The minimum atomic E-state index is -1.18. The number of carbonyl (C=O) groups excluding carboxylic acids is 2. The van der Waals surface area contributed by atoms with Gasteiger partial charge in [0.1, 0.15) is 17.9 Å². The number of nitrogens with one attached hydrogen (secondary N) is 2. The molecule has 0 aliphatic carbocycles. The molecule has 2 amide bonds. The number of hydrogen-bond donors (Lipinski definition) is 3. The summed E-state index contributed by atoms with van der Waals surface area (Å²) in [4.78, 5) is 36.1. The molecule has 31 heavy (non-hydrogen) atoms. The Hall–Kier alpha value is -3.22. The van der Waals surface area contributed by atoms with Crippen molar-refractivity contribution in [2.45, 2.75) is 58.0 Å². The van der Waals surface area contributed by atoms with Gasteiger partial charge in [-0.2, -0.15) is 0 Å². The molecule has 0 heterocycles. The maximum atomic E-state index is 13.5. The predicted molar refractivity (Wildman–Crippen MR) is 116 cm³/mol. The molecule has 2 atom stereocenters. The maximum Gasteiger partial charge on any atom is 0.326 e. The largest absolute Gasteiger partial charge is 0.480 e. The van der Waals surface area contributed by atoms with Gasteiger partial charge in [0.25, 0.3) is 0 Å². The minimum absolute atomic E-state index is 0.0264. The molecule has 166 valence electrons. The summed E-state index contributed by atoms with van der Waals surface area (Å²) in [5.74, 6) is -2.72. The summed E-state index contributed by atoms with van der Waals surface area (Å²) in [5.41, 5.74) is 2.37. The Morgan fingerprint density at radius 2 is 1.55 bits per heavy atom. The average Bonchev–Trinajstić information content (AvgIpc) is 2.66. The molecule has 2 aromatic rings. The molecular weight excluding hydrogens is 399 g/mol. The molecule has 0 saturated heterocycles. The van der Waals surface area contributed by atoms with E-state index in [1.54, 1.807) is 6.07 Å². The number of rotatable bonds is 8. The summed E-state index contributed by atoms with van der Waals surface area (Å²) in [5, 5.41) is 14.6. The van der Waals surface area contributed by atoms with Gasteiger partial charge in [-0.15, -0.1) is 0 Å². The number of aliphatic carboxylic acids is 1. The van der Waals surface area contributed by atoms with Crippen LogP contribution < -0.4 is 10.6 Å². The van der Waals surface area contributed by atoms with Crippen LogP contribution in [0.15, 0.2) is 48.5 Å². The highest BCUT2D eigenvalue weighted by Crippen LogP contribution is 2.22. The molecule has 3 N–H and O–H groups in total. The van der Waals surface area contributed by atoms with Crippen LogP contribution in [-0.2, 0) is 32.6 Å². The van der Waals surface area contributed by atoms with Gasteiger partial charge in [-0.1, -0.05) is 57.2 Å². The molecular formula is C24H29FN2O4. The van der Waals surface area contributed by atoms with E-state index in [-0.39, 0.29) is 18.3 Å². The summed E-state index contributed by atoms with van der Waals surface area (Å²) >= 11 is 0. The highest BCUT2D eigenvalue weighted by Gasteiger charge is 2.26. The molecule has 0 saturated carbocycles. The van der Waals surface area contributed by atoms with Gasteiger partial charge < -0.3 is 15.7 Å². The van der Waals surface area contributed by atoms with Gasteiger partial charge in [-0.05, 0) is 34.2 Å². The molecule has 7 heteroatoms. The van der Waals surface area contributed by atoms with Crippen molar-refractivity contribution in [1.29, 1.82) is 0 Å². The van der Waals surface area contributed by atoms with Crippen molar-refractivity contribution in [2.24, 2.45) is 0 Å². The monoisotopic (exact) mass is 428 g/mol. The number of hydrogen-bond acceptors (Lipinski definition) is 3. The number of carboxylic acid groups (broad SMARTS) is 1. The topological polar surface area (TPSA) is 95.5 Å². The van der Waals surface area contributed by atoms with Crippen molar-refractivity contribution >= 4 is 17.8 Å². The first-order chi connectivity index (χ1) is 14.5. The molecule has 0 aliphatic heterocycles. The Balaban J connectivity index is 2.13. The zero-order valence-electron chi connectivity index (χ0n) is 18.2. The quantitative estimate of drug-likeness (QED) is 0.602. The van der Waals surface area contributed by atoms with Gasteiger partial charge in [0.05, 0.1) is 0 Å². The summed E-state index contributed by atoms with van der Waals surface area (Å²) in [6.07, 6.45) is 0.133. The SMILES string of the molecule is CC(=O)N[C@H](Cc1cccc(F)c1)C(=O)N[C@H](Cc1ccc(C(C)(C)C)cc1)C(=O)O. The first-order valence-electron chi connectivity index (χ1n) is 10.1. The zero-order chi connectivity index (χ0) is 23.2. The summed E-state index contributed by atoms with van der Waals surface area (Å²) in [6.45, 7) is 7.52. The molecule has 0 aromatic heterocycles. The van der Waals surface area contributed by atoms with Gasteiger partial charge in [0, 0.05) is 19.8 Å². The van der Waals surface area contributed by atoms with Crippen molar-refractivity contribution in [3.8, 4) is 0 Å². The molecule has 0 fully saturated rings. The van der Waals surface area contributed by atoms with Crippen LogP contribution >= 0.6 is 0 Å². The standard InChI is InChI=1S/C24H29FN2O4/c1-15(28)26-20(14-17-6-5-7-19(25)12-17)22(29)27-21(23(30)31)13-16-8-10-18(11-9-16)24(2,3)4/h5-12,20-21H,13-14H2,1-4H3,(H,26,28)(H,27,29)(H,30,31)/t20-,21-/m1/s1. The first kappa shape index (κ1) is 24.1. The first-order valence-corrected chi connectivity index (χ1v) is 10.1. The second kappa shape index (κ2) is 10.2. The predicted octanol–water partition coefficient (Wildman–Crippen LogP) is 2.98. The highest BCUT2D eigenvalue weighted by atomic mass is 19.1. The molecule has 0 spiro atoms. The molecule has 0 unspecified atom stereocenters. The van der Waals surface area contributed by atoms with E-state index < -0.39 is 35.7 Å². The van der Waals surface area contributed by atoms with Crippen molar-refractivity contribution in [3.05, 3.63) is 71.0 Å². The van der Waals surface area contributed by atoms with Crippen LogP contribution in [0, 0.1) is 5.82 Å². The number of carboxylic acids is 1. The van der Waals surface area contributed by atoms with Gasteiger partial charge in [0.2, 0.25) is 11.8 Å². The van der Waals surface area contributed by atoms with Crippen molar-refractivity contribution in [3.63, 3.8) is 0 Å². The van der Waals surface area contributed by atoms with E-state index in [1.807, 2.05) is 24.3 Å². The third-order valence-corrected chi connectivity index (χ3v) is 4.90. The fourth-order valence-electron chi connectivity index (χ4n) is 3.20. The van der Waals surface area contributed by atoms with Gasteiger partial charge >= 0.3 is 5.97 Å². The lowest BCUT2D eigenvalue weighted by molar-refractivity contribution is -0.142. The Kier molecular flexibility index (Phi) is 7.91. The number of amides is 2. The summed E-state index contributed by atoms with van der Waals surface area (Å²) < 4.78 is 13.5. The smallest absolute Gasteiger partial charge is 0.326 e. The Morgan fingerprint density at radius 3 is 2.06 bits per heavy atom. The van der Waals surface area contributed by atoms with Crippen LogP contribution in [0.2, 0.25) is 0 Å². The van der Waals surface area contributed by atoms with Crippen LogP contribution in [0.1, 0.15) is 44.4 Å². The summed E-state index contributed by atoms with van der Waals surface area (Å²) in [6, 6.07) is 11.1. The number of benzene rings is 2. The molecule has 2 aromatic carbocycles. The van der Waals surface area contributed by atoms with E-state index in [9.17, 15) is 23.9 Å². The second-order valence-corrected chi connectivity index (χ2v) is 8.64. The Bertz CT molecular complexity index is 935. The highest BCUT2D eigenvalue weighted by molar-refractivity contribution is 5.90. The van der Waals surface area contributed by atoms with Crippen LogP contribution in [-0.4, -0.2) is 35.0 Å². The van der Waals surface area contributed by atoms with Crippen molar-refractivity contribution < 1.29 is 23.9 Å². The fraction of sp³-hybridized carbons (Fsp3) is 0.375. The fourth-order valence-corrected chi connectivity index (χ4v) is 3.20. The Labute approximate surface area is 181 Å². The average molecular weight is 429 g/mol. The van der Waals surface area contributed by atoms with Crippen LogP contribution in [0.4, 0.5) is 4.39 Å². The lowest BCUT2D eigenvalue weighted by atomic mass is 9.86. The molecule has 0 radical (unpaired) electrons. The van der Waals surface area contributed by atoms with E-state index in [2.05, 4.69) is 31.4 Å². The van der Waals surface area contributed by atoms with Crippen LogP contribution in [0.3, 0.4) is 0 Å². The molecule has 6 nitrogen and oxygen atoms in total. The molecule has 0 aliphatic rings. The third kappa shape index (κ3) is 7.51. The lowest BCUT2D eigenvalue weighted by Gasteiger charge is -2.22. The molecule has 0 bridgehead atoms. The van der Waals surface area contributed by atoms with E-state index in [1.165, 1.54) is 25.1 Å². The van der Waals surface area contributed by atoms with Crippen molar-refractivity contribution in [1.82, 2.24) is 10.6 Å².